The van der Waals surface area contributed by atoms with Crippen LogP contribution in [-0.4, -0.2) is 22.4 Å². The van der Waals surface area contributed by atoms with Gasteiger partial charge in [0.05, 0.1) is 11.7 Å². The first-order valence-corrected chi connectivity index (χ1v) is 8.55. The third-order valence-electron chi connectivity index (χ3n) is 4.54. The Morgan fingerprint density at radius 2 is 2.05 bits per heavy atom. The maximum atomic E-state index is 4.77. The predicted molar refractivity (Wildman–Crippen MR) is 85.0 cm³/mol. The van der Waals surface area contributed by atoms with Crippen molar-refractivity contribution in [3.8, 4) is 0 Å². The van der Waals surface area contributed by atoms with Crippen LogP contribution in [0.3, 0.4) is 0 Å². The highest BCUT2D eigenvalue weighted by atomic mass is 15.3. The second-order valence-electron chi connectivity index (χ2n) is 6.19. The van der Waals surface area contributed by atoms with Crippen LogP contribution in [0.15, 0.2) is 12.3 Å². The van der Waals surface area contributed by atoms with E-state index in [9.17, 15) is 0 Å². The summed E-state index contributed by atoms with van der Waals surface area (Å²) in [4.78, 5) is 0. The fourth-order valence-corrected chi connectivity index (χ4v) is 3.01. The van der Waals surface area contributed by atoms with Gasteiger partial charge in [0.15, 0.2) is 0 Å². The Morgan fingerprint density at radius 3 is 2.65 bits per heavy atom. The van der Waals surface area contributed by atoms with Gasteiger partial charge in [0.1, 0.15) is 0 Å². The van der Waals surface area contributed by atoms with Gasteiger partial charge in [-0.15, -0.1) is 0 Å². The van der Waals surface area contributed by atoms with E-state index in [0.29, 0.717) is 12.1 Å². The number of aromatic nitrogens is 2. The molecule has 3 heteroatoms. The fraction of sp³-hybridized carbons (Fsp3) is 0.824. The summed E-state index contributed by atoms with van der Waals surface area (Å²) in [5, 5.41) is 8.49. The zero-order chi connectivity index (χ0) is 14.4. The molecule has 0 spiro atoms. The molecule has 0 bridgehead atoms. The number of hydrogen-bond donors (Lipinski definition) is 1. The van der Waals surface area contributed by atoms with Gasteiger partial charge >= 0.3 is 0 Å². The second kappa shape index (κ2) is 7.82. The first-order chi connectivity index (χ1) is 9.78. The summed E-state index contributed by atoms with van der Waals surface area (Å²) in [6.07, 6.45) is 10.9. The molecule has 20 heavy (non-hydrogen) atoms. The molecule has 0 radical (unpaired) electrons. The van der Waals surface area contributed by atoms with E-state index in [1.165, 1.54) is 44.2 Å². The van der Waals surface area contributed by atoms with Gasteiger partial charge in [-0.2, -0.15) is 5.10 Å². The number of rotatable bonds is 10. The van der Waals surface area contributed by atoms with Gasteiger partial charge in [-0.25, -0.2) is 0 Å². The molecule has 1 aromatic rings. The van der Waals surface area contributed by atoms with E-state index in [-0.39, 0.29) is 0 Å². The van der Waals surface area contributed by atoms with E-state index in [4.69, 9.17) is 5.10 Å². The molecule has 1 aliphatic carbocycles. The van der Waals surface area contributed by atoms with Crippen LogP contribution in [0.4, 0.5) is 0 Å². The quantitative estimate of drug-likeness (QED) is 0.701. The summed E-state index contributed by atoms with van der Waals surface area (Å²) >= 11 is 0. The number of aryl methyl sites for hydroxylation is 1. The second-order valence-corrected chi connectivity index (χ2v) is 6.19. The molecular weight excluding hydrogens is 246 g/mol. The Hall–Kier alpha value is -0.830. The van der Waals surface area contributed by atoms with Crippen LogP contribution >= 0.6 is 0 Å². The largest absolute Gasteiger partial charge is 0.314 e. The molecule has 1 N–H and O–H groups in total. The summed E-state index contributed by atoms with van der Waals surface area (Å²) in [6, 6.07) is 3.50. The molecule has 0 aromatic carbocycles. The third kappa shape index (κ3) is 4.34. The predicted octanol–water partition coefficient (Wildman–Crippen LogP) is 3.96. The summed E-state index contributed by atoms with van der Waals surface area (Å²) in [7, 11) is 0. The molecule has 0 saturated heterocycles. The van der Waals surface area contributed by atoms with Crippen LogP contribution in [0.5, 0.6) is 0 Å². The van der Waals surface area contributed by atoms with Gasteiger partial charge < -0.3 is 5.32 Å². The number of hydrogen-bond acceptors (Lipinski definition) is 2. The number of nitrogens with one attached hydrogen (secondary N) is 1. The van der Waals surface area contributed by atoms with E-state index in [1.807, 2.05) is 0 Å². The molecule has 1 heterocycles. The Morgan fingerprint density at radius 1 is 1.30 bits per heavy atom. The van der Waals surface area contributed by atoms with E-state index in [2.05, 4.69) is 43.0 Å². The zero-order valence-electron chi connectivity index (χ0n) is 13.4. The topological polar surface area (TPSA) is 29.9 Å². The minimum atomic E-state index is 0.571. The fourth-order valence-electron chi connectivity index (χ4n) is 3.01. The lowest BCUT2D eigenvalue weighted by Gasteiger charge is -2.17. The van der Waals surface area contributed by atoms with Crippen molar-refractivity contribution >= 4 is 0 Å². The lowest BCUT2D eigenvalue weighted by Crippen LogP contribution is -2.32. The Kier molecular flexibility index (Phi) is 6.08. The van der Waals surface area contributed by atoms with Gasteiger partial charge in [-0.1, -0.05) is 20.8 Å². The molecule has 0 aliphatic heterocycles. The van der Waals surface area contributed by atoms with E-state index in [0.717, 1.165) is 18.9 Å². The average molecular weight is 277 g/mol. The van der Waals surface area contributed by atoms with Crippen molar-refractivity contribution in [2.75, 3.05) is 6.54 Å². The van der Waals surface area contributed by atoms with Crippen molar-refractivity contribution in [2.24, 2.45) is 5.92 Å². The van der Waals surface area contributed by atoms with E-state index >= 15 is 0 Å². The molecule has 2 rings (SSSR count). The molecule has 1 aromatic heterocycles. The van der Waals surface area contributed by atoms with Gasteiger partial charge in [0.25, 0.3) is 0 Å². The smallest absolute Gasteiger partial charge is 0.0625 e. The molecule has 3 nitrogen and oxygen atoms in total. The maximum Gasteiger partial charge on any atom is 0.0625 e. The van der Waals surface area contributed by atoms with Crippen LogP contribution in [0, 0.1) is 5.92 Å². The molecular formula is C17H31N3. The highest BCUT2D eigenvalue weighted by Crippen LogP contribution is 2.34. The zero-order valence-corrected chi connectivity index (χ0v) is 13.4. The molecule has 114 valence electrons. The van der Waals surface area contributed by atoms with Crippen LogP contribution < -0.4 is 5.32 Å². The van der Waals surface area contributed by atoms with Gasteiger partial charge in [-0.3, -0.25) is 4.68 Å². The average Bonchev–Trinajstić information content (AvgIpc) is 3.20. The lowest BCUT2D eigenvalue weighted by molar-refractivity contribution is 0.416. The van der Waals surface area contributed by atoms with Gasteiger partial charge in [-0.05, 0) is 63.5 Å². The van der Waals surface area contributed by atoms with Gasteiger partial charge in [0, 0.05) is 12.2 Å². The van der Waals surface area contributed by atoms with Crippen molar-refractivity contribution in [3.05, 3.63) is 18.0 Å². The minimum Gasteiger partial charge on any atom is -0.314 e. The Balaban J connectivity index is 1.83. The third-order valence-corrected chi connectivity index (χ3v) is 4.54. The normalized spacial score (nSPS) is 16.8. The molecule has 0 amide bonds. The monoisotopic (exact) mass is 277 g/mol. The van der Waals surface area contributed by atoms with Crippen LogP contribution in [0.2, 0.25) is 0 Å². The van der Waals surface area contributed by atoms with E-state index < -0.39 is 0 Å². The maximum absolute atomic E-state index is 4.77. The highest BCUT2D eigenvalue weighted by molar-refractivity contribution is 5.01. The lowest BCUT2D eigenvalue weighted by atomic mass is 10.1. The van der Waals surface area contributed by atoms with Gasteiger partial charge in [0.2, 0.25) is 0 Å². The number of nitrogens with zero attached hydrogens (tertiary/aromatic N) is 2. The van der Waals surface area contributed by atoms with Crippen LogP contribution in [-0.2, 0) is 6.42 Å². The Bertz CT molecular complexity index is 377. The van der Waals surface area contributed by atoms with Crippen LogP contribution in [0.25, 0.3) is 0 Å². The molecule has 1 unspecified atom stereocenters. The van der Waals surface area contributed by atoms with Crippen molar-refractivity contribution < 1.29 is 0 Å². The SMILES string of the molecule is CCCNC(CCc1ccn(C(CC)CC)n1)C1CC1. The molecule has 1 atom stereocenters. The van der Waals surface area contributed by atoms with Crippen molar-refractivity contribution in [2.45, 2.75) is 77.8 Å². The molecule has 1 saturated carbocycles. The van der Waals surface area contributed by atoms with Crippen molar-refractivity contribution in [1.29, 1.82) is 0 Å². The molecule has 1 fully saturated rings. The van der Waals surface area contributed by atoms with E-state index in [1.54, 1.807) is 0 Å². The minimum absolute atomic E-state index is 0.571. The van der Waals surface area contributed by atoms with Crippen molar-refractivity contribution in [1.82, 2.24) is 15.1 Å². The van der Waals surface area contributed by atoms with Crippen molar-refractivity contribution in [3.63, 3.8) is 0 Å². The summed E-state index contributed by atoms with van der Waals surface area (Å²) in [5.74, 6) is 0.933. The first kappa shape index (κ1) is 15.6. The Labute approximate surface area is 124 Å². The highest BCUT2D eigenvalue weighted by Gasteiger charge is 2.30. The van der Waals surface area contributed by atoms with Crippen LogP contribution in [0.1, 0.15) is 71.0 Å². The first-order valence-electron chi connectivity index (χ1n) is 8.55. The molecule has 1 aliphatic rings. The standard InChI is InChI=1S/C17H31N3/c1-4-12-18-17(14-7-8-14)10-9-15-11-13-20(19-15)16(5-2)6-3/h11,13-14,16-18H,4-10,12H2,1-3H3. The summed E-state index contributed by atoms with van der Waals surface area (Å²) in [5.41, 5.74) is 1.26. The summed E-state index contributed by atoms with van der Waals surface area (Å²) < 4.78 is 2.17. The summed E-state index contributed by atoms with van der Waals surface area (Å²) in [6.45, 7) is 7.89.